The molecule has 0 atom stereocenters. The molecule has 1 heterocycles. The van der Waals surface area contributed by atoms with Crippen LogP contribution in [0.25, 0.3) is 0 Å². The number of nitrogens with two attached hydrogens (primary N) is 1. The van der Waals surface area contributed by atoms with Crippen molar-refractivity contribution in [3.05, 3.63) is 17.3 Å². The van der Waals surface area contributed by atoms with E-state index in [0.717, 1.165) is 6.20 Å². The SMILES string of the molecule is COc1cnc(S(N)(=O)=O)c(C(F)F)c1C. The summed E-state index contributed by atoms with van der Waals surface area (Å²) in [7, 11) is -3.00. The first-order valence-corrected chi connectivity index (χ1v) is 5.68. The van der Waals surface area contributed by atoms with Gasteiger partial charge >= 0.3 is 0 Å². The van der Waals surface area contributed by atoms with Crippen molar-refractivity contribution in [3.8, 4) is 5.75 Å². The fourth-order valence-electron chi connectivity index (χ4n) is 1.27. The van der Waals surface area contributed by atoms with Gasteiger partial charge in [0.05, 0.1) is 18.9 Å². The first-order chi connectivity index (χ1) is 7.29. The lowest BCUT2D eigenvalue weighted by atomic mass is 10.1. The van der Waals surface area contributed by atoms with Gasteiger partial charge in [-0.3, -0.25) is 0 Å². The average molecular weight is 252 g/mol. The first-order valence-electron chi connectivity index (χ1n) is 4.13. The summed E-state index contributed by atoms with van der Waals surface area (Å²) in [5.41, 5.74) is -0.710. The van der Waals surface area contributed by atoms with Gasteiger partial charge in [-0.05, 0) is 6.92 Å². The van der Waals surface area contributed by atoms with Crippen molar-refractivity contribution >= 4 is 10.0 Å². The molecule has 16 heavy (non-hydrogen) atoms. The summed E-state index contributed by atoms with van der Waals surface area (Å²) in [6, 6.07) is 0. The minimum atomic E-state index is -4.27. The molecule has 8 heteroatoms. The smallest absolute Gasteiger partial charge is 0.267 e. The summed E-state index contributed by atoms with van der Waals surface area (Å²) in [6.45, 7) is 1.32. The third kappa shape index (κ3) is 2.27. The fourth-order valence-corrected chi connectivity index (χ4v) is 2.01. The van der Waals surface area contributed by atoms with E-state index in [-0.39, 0.29) is 11.3 Å². The van der Waals surface area contributed by atoms with Crippen LogP contribution in [0, 0.1) is 6.92 Å². The van der Waals surface area contributed by atoms with Gasteiger partial charge in [-0.15, -0.1) is 0 Å². The van der Waals surface area contributed by atoms with Crippen LogP contribution in [0.3, 0.4) is 0 Å². The van der Waals surface area contributed by atoms with Gasteiger partial charge in [0.2, 0.25) is 0 Å². The molecule has 90 valence electrons. The van der Waals surface area contributed by atoms with Crippen LogP contribution in [0.2, 0.25) is 0 Å². The summed E-state index contributed by atoms with van der Waals surface area (Å²) >= 11 is 0. The predicted octanol–water partition coefficient (Wildman–Crippen LogP) is 0.984. The Morgan fingerprint density at radius 3 is 2.44 bits per heavy atom. The molecule has 0 radical (unpaired) electrons. The van der Waals surface area contributed by atoms with Crippen LogP contribution in [0.4, 0.5) is 8.78 Å². The maximum absolute atomic E-state index is 12.7. The Morgan fingerprint density at radius 1 is 1.50 bits per heavy atom. The molecule has 2 N–H and O–H groups in total. The van der Waals surface area contributed by atoms with Crippen molar-refractivity contribution in [2.24, 2.45) is 5.14 Å². The van der Waals surface area contributed by atoms with E-state index in [4.69, 9.17) is 9.88 Å². The number of methoxy groups -OCH3 is 1. The molecule has 0 saturated heterocycles. The standard InChI is InChI=1S/C8H10F2N2O3S/c1-4-5(15-2)3-12-8(16(11,13)14)6(4)7(9)10/h3,7H,1-2H3,(H2,11,13,14). The molecular formula is C8H10F2N2O3S. The molecule has 0 amide bonds. The third-order valence-electron chi connectivity index (χ3n) is 2.01. The summed E-state index contributed by atoms with van der Waals surface area (Å²) in [4.78, 5) is 3.38. The molecule has 0 aromatic carbocycles. The highest BCUT2D eigenvalue weighted by Gasteiger charge is 2.26. The lowest BCUT2D eigenvalue weighted by molar-refractivity contribution is 0.145. The van der Waals surface area contributed by atoms with Gasteiger partial charge in [0.15, 0.2) is 5.03 Å². The van der Waals surface area contributed by atoms with Crippen LogP contribution < -0.4 is 9.88 Å². The van der Waals surface area contributed by atoms with Gasteiger partial charge in [-0.25, -0.2) is 27.3 Å². The number of pyridine rings is 1. The van der Waals surface area contributed by atoms with Gasteiger partial charge in [-0.2, -0.15) is 0 Å². The van der Waals surface area contributed by atoms with E-state index in [2.05, 4.69) is 4.98 Å². The second kappa shape index (κ2) is 4.30. The molecule has 0 aliphatic rings. The van der Waals surface area contributed by atoms with Crippen molar-refractivity contribution < 1.29 is 21.9 Å². The number of halogens is 2. The molecule has 0 unspecified atom stereocenters. The van der Waals surface area contributed by atoms with Crippen molar-refractivity contribution in [1.29, 1.82) is 0 Å². The number of rotatable bonds is 3. The monoisotopic (exact) mass is 252 g/mol. The number of nitrogens with zero attached hydrogens (tertiary/aromatic N) is 1. The van der Waals surface area contributed by atoms with E-state index >= 15 is 0 Å². The van der Waals surface area contributed by atoms with Crippen LogP contribution in [0.1, 0.15) is 17.6 Å². The zero-order valence-corrected chi connectivity index (χ0v) is 9.38. The van der Waals surface area contributed by atoms with E-state index in [1.807, 2.05) is 0 Å². The van der Waals surface area contributed by atoms with Crippen molar-refractivity contribution in [2.75, 3.05) is 7.11 Å². The van der Waals surface area contributed by atoms with Gasteiger partial charge < -0.3 is 4.74 Å². The first kappa shape index (κ1) is 12.8. The summed E-state index contributed by atoms with van der Waals surface area (Å²) in [5, 5.41) is 3.97. The predicted molar refractivity (Wildman–Crippen MR) is 51.9 cm³/mol. The number of ether oxygens (including phenoxy) is 1. The Bertz CT molecular complexity index is 502. The average Bonchev–Trinajstić information content (AvgIpc) is 2.15. The molecule has 1 aromatic rings. The molecule has 0 spiro atoms. The molecule has 1 rings (SSSR count). The molecule has 0 fully saturated rings. The van der Waals surface area contributed by atoms with Crippen LogP contribution in [0.15, 0.2) is 11.2 Å². The Morgan fingerprint density at radius 2 is 2.06 bits per heavy atom. The summed E-state index contributed by atoms with van der Waals surface area (Å²) in [5.74, 6) is 0.0858. The molecule has 0 bridgehead atoms. The van der Waals surface area contributed by atoms with Crippen molar-refractivity contribution in [1.82, 2.24) is 4.98 Å². The van der Waals surface area contributed by atoms with Gasteiger partial charge in [0.1, 0.15) is 5.75 Å². The van der Waals surface area contributed by atoms with Crippen molar-refractivity contribution in [3.63, 3.8) is 0 Å². The normalized spacial score (nSPS) is 11.9. The fraction of sp³-hybridized carbons (Fsp3) is 0.375. The molecule has 5 nitrogen and oxygen atoms in total. The van der Waals surface area contributed by atoms with E-state index in [9.17, 15) is 17.2 Å². The Labute approximate surface area is 91.3 Å². The molecule has 0 aliphatic carbocycles. The molecule has 0 saturated carbocycles. The minimum absolute atomic E-state index is 0.0107. The number of primary sulfonamides is 1. The highest BCUT2D eigenvalue weighted by molar-refractivity contribution is 7.89. The largest absolute Gasteiger partial charge is 0.495 e. The van der Waals surface area contributed by atoms with Gasteiger partial charge in [0, 0.05) is 5.56 Å². The highest BCUT2D eigenvalue weighted by Crippen LogP contribution is 2.32. The topological polar surface area (TPSA) is 82.3 Å². The van der Waals surface area contributed by atoms with Crippen molar-refractivity contribution in [2.45, 2.75) is 18.4 Å². The minimum Gasteiger partial charge on any atom is -0.495 e. The number of aromatic nitrogens is 1. The number of hydrogen-bond donors (Lipinski definition) is 1. The van der Waals surface area contributed by atoms with Crippen LogP contribution in [-0.4, -0.2) is 20.5 Å². The zero-order chi connectivity index (χ0) is 12.5. The Kier molecular flexibility index (Phi) is 3.44. The Hall–Kier alpha value is -1.28. The summed E-state index contributed by atoms with van der Waals surface area (Å²) in [6.07, 6.45) is -1.95. The second-order valence-electron chi connectivity index (χ2n) is 3.02. The number of hydrogen-bond acceptors (Lipinski definition) is 4. The lowest BCUT2D eigenvalue weighted by Crippen LogP contribution is -2.17. The zero-order valence-electron chi connectivity index (χ0n) is 8.57. The third-order valence-corrected chi connectivity index (χ3v) is 2.88. The summed E-state index contributed by atoms with van der Waals surface area (Å²) < 4.78 is 52.3. The highest BCUT2D eigenvalue weighted by atomic mass is 32.2. The van der Waals surface area contributed by atoms with Crippen LogP contribution in [-0.2, 0) is 10.0 Å². The number of alkyl halides is 2. The lowest BCUT2D eigenvalue weighted by Gasteiger charge is -2.12. The van der Waals surface area contributed by atoms with Gasteiger partial charge in [0.25, 0.3) is 16.4 Å². The number of sulfonamides is 1. The van der Waals surface area contributed by atoms with Crippen LogP contribution in [0.5, 0.6) is 5.75 Å². The molecule has 0 aliphatic heterocycles. The van der Waals surface area contributed by atoms with Crippen LogP contribution >= 0.6 is 0 Å². The van der Waals surface area contributed by atoms with E-state index in [0.29, 0.717) is 0 Å². The molecule has 1 aromatic heterocycles. The Balaban J connectivity index is 3.60. The van der Waals surface area contributed by atoms with Gasteiger partial charge in [-0.1, -0.05) is 0 Å². The quantitative estimate of drug-likeness (QED) is 0.869. The van der Waals surface area contributed by atoms with E-state index < -0.39 is 27.0 Å². The van der Waals surface area contributed by atoms with E-state index in [1.54, 1.807) is 0 Å². The van der Waals surface area contributed by atoms with E-state index in [1.165, 1.54) is 14.0 Å². The maximum atomic E-state index is 12.7. The second-order valence-corrected chi connectivity index (χ2v) is 4.49. The maximum Gasteiger partial charge on any atom is 0.267 e. The molecular weight excluding hydrogens is 242 g/mol.